The molecule has 1 fully saturated rings. The molecule has 0 aliphatic carbocycles. The SMILES string of the molecule is COc1nc(N[C@@H]2CN(C(C)=O)CC2(F)F)nn2ccc(-c3cc(F)c4nc(C)n(C(C)C)c4c3)c12. The number of ether oxygens (including phenoxy) is 1. The van der Waals surface area contributed by atoms with Crippen molar-refractivity contribution < 1.29 is 22.7 Å². The van der Waals surface area contributed by atoms with Gasteiger partial charge in [0.15, 0.2) is 5.82 Å². The number of imidazole rings is 1. The van der Waals surface area contributed by atoms with E-state index in [0.717, 1.165) is 4.90 Å². The summed E-state index contributed by atoms with van der Waals surface area (Å²) >= 11 is 0. The molecule has 12 heteroatoms. The summed E-state index contributed by atoms with van der Waals surface area (Å²) in [4.78, 5) is 21.3. The van der Waals surface area contributed by atoms with E-state index < -0.39 is 30.2 Å². The first-order chi connectivity index (χ1) is 17.0. The van der Waals surface area contributed by atoms with Gasteiger partial charge in [-0.2, -0.15) is 4.98 Å². The van der Waals surface area contributed by atoms with Gasteiger partial charge in [-0.25, -0.2) is 22.7 Å². The van der Waals surface area contributed by atoms with Crippen LogP contribution in [0.3, 0.4) is 0 Å². The van der Waals surface area contributed by atoms with Gasteiger partial charge >= 0.3 is 0 Å². The third-order valence-corrected chi connectivity index (χ3v) is 6.49. The van der Waals surface area contributed by atoms with Crippen LogP contribution < -0.4 is 10.1 Å². The number of carbonyl (C=O) groups is 1. The zero-order valence-electron chi connectivity index (χ0n) is 20.5. The van der Waals surface area contributed by atoms with Crippen LogP contribution in [-0.4, -0.2) is 67.1 Å². The van der Waals surface area contributed by atoms with Gasteiger partial charge in [-0.15, -0.1) is 5.10 Å². The van der Waals surface area contributed by atoms with Gasteiger partial charge in [0.25, 0.3) is 5.92 Å². The first-order valence-corrected chi connectivity index (χ1v) is 11.5. The summed E-state index contributed by atoms with van der Waals surface area (Å²) < 4.78 is 52.9. The molecule has 1 N–H and O–H groups in total. The van der Waals surface area contributed by atoms with E-state index in [-0.39, 0.29) is 24.4 Å². The third kappa shape index (κ3) is 3.80. The number of anilines is 1. The Kier molecular flexibility index (Phi) is 5.56. The summed E-state index contributed by atoms with van der Waals surface area (Å²) in [6, 6.07) is 3.72. The Bertz CT molecular complexity index is 1490. The van der Waals surface area contributed by atoms with Crippen LogP contribution in [-0.2, 0) is 4.79 Å². The maximum atomic E-state index is 15.1. The molecule has 9 nitrogen and oxygen atoms in total. The van der Waals surface area contributed by atoms with Gasteiger partial charge in [-0.3, -0.25) is 4.79 Å². The minimum atomic E-state index is -3.15. The van der Waals surface area contributed by atoms with Crippen LogP contribution in [0.25, 0.3) is 27.7 Å². The number of benzene rings is 1. The van der Waals surface area contributed by atoms with Gasteiger partial charge in [0.05, 0.1) is 19.2 Å². The number of halogens is 3. The molecule has 1 aliphatic heterocycles. The van der Waals surface area contributed by atoms with Crippen molar-refractivity contribution in [2.45, 2.75) is 45.7 Å². The standard InChI is InChI=1S/C24H26F3N7O2/c1-12(2)34-13(3)28-20-17(25)8-15(9-18(20)34)16-6-7-33-21(16)22(36-5)30-23(31-33)29-19-10-32(14(4)35)11-24(19,26)27/h6-9,12,19H,10-11H2,1-5H3,(H,29,31)/t19-/m1/s1. The number of methoxy groups -OCH3 is 1. The zero-order chi connectivity index (χ0) is 25.9. The molecule has 0 radical (unpaired) electrons. The predicted molar refractivity (Wildman–Crippen MR) is 128 cm³/mol. The number of hydrogen-bond acceptors (Lipinski definition) is 6. The van der Waals surface area contributed by atoms with Gasteiger partial charge in [-0.05, 0) is 44.5 Å². The molecule has 4 heterocycles. The maximum absolute atomic E-state index is 15.1. The second kappa shape index (κ2) is 8.38. The Morgan fingerprint density at radius 3 is 2.67 bits per heavy atom. The first-order valence-electron chi connectivity index (χ1n) is 11.5. The molecule has 5 rings (SSSR count). The van der Waals surface area contributed by atoms with Gasteiger partial charge in [0.1, 0.15) is 22.9 Å². The molecular weight excluding hydrogens is 475 g/mol. The summed E-state index contributed by atoms with van der Waals surface area (Å²) in [5.74, 6) is -3.27. The van der Waals surface area contributed by atoms with Crippen molar-refractivity contribution in [2.24, 2.45) is 0 Å². The monoisotopic (exact) mass is 501 g/mol. The molecule has 0 bridgehead atoms. The third-order valence-electron chi connectivity index (χ3n) is 6.49. The van der Waals surface area contributed by atoms with E-state index >= 15 is 4.39 Å². The van der Waals surface area contributed by atoms with Crippen molar-refractivity contribution in [3.8, 4) is 17.0 Å². The van der Waals surface area contributed by atoms with Crippen molar-refractivity contribution in [1.82, 2.24) is 29.0 Å². The highest BCUT2D eigenvalue weighted by Gasteiger charge is 2.49. The Hall–Kier alpha value is -3.83. The number of carbonyl (C=O) groups excluding carboxylic acids is 1. The molecule has 0 saturated carbocycles. The largest absolute Gasteiger partial charge is 0.479 e. The second-order valence-corrected chi connectivity index (χ2v) is 9.27. The fraction of sp³-hybridized carbons (Fsp3) is 0.417. The molecular formula is C24H26F3N7O2. The summed E-state index contributed by atoms with van der Waals surface area (Å²) in [5, 5.41) is 6.98. The van der Waals surface area contributed by atoms with Crippen LogP contribution in [0.4, 0.5) is 19.1 Å². The Morgan fingerprint density at radius 1 is 1.28 bits per heavy atom. The van der Waals surface area contributed by atoms with Crippen LogP contribution in [0.2, 0.25) is 0 Å². The van der Waals surface area contributed by atoms with Crippen molar-refractivity contribution >= 4 is 28.4 Å². The first kappa shape index (κ1) is 23.9. The summed E-state index contributed by atoms with van der Waals surface area (Å²) in [6.07, 6.45) is 1.63. The van der Waals surface area contributed by atoms with Crippen molar-refractivity contribution in [2.75, 3.05) is 25.5 Å². The quantitative estimate of drug-likeness (QED) is 0.444. The van der Waals surface area contributed by atoms with E-state index in [1.165, 1.54) is 24.6 Å². The van der Waals surface area contributed by atoms with E-state index in [4.69, 9.17) is 4.74 Å². The number of fused-ring (bicyclic) bond motifs is 2. The zero-order valence-corrected chi connectivity index (χ0v) is 20.5. The van der Waals surface area contributed by atoms with E-state index in [0.29, 0.717) is 33.5 Å². The number of aromatic nitrogens is 5. The second-order valence-electron chi connectivity index (χ2n) is 9.27. The molecule has 1 amide bonds. The van der Waals surface area contributed by atoms with Gasteiger partial charge in [0.2, 0.25) is 17.7 Å². The van der Waals surface area contributed by atoms with Crippen LogP contribution in [0.5, 0.6) is 5.88 Å². The van der Waals surface area contributed by atoms with Crippen LogP contribution in [0, 0.1) is 12.7 Å². The van der Waals surface area contributed by atoms with Gasteiger partial charge in [-0.1, -0.05) is 0 Å². The molecule has 190 valence electrons. The minimum absolute atomic E-state index is 0.0771. The minimum Gasteiger partial charge on any atom is -0.479 e. The summed E-state index contributed by atoms with van der Waals surface area (Å²) in [7, 11) is 1.41. The number of likely N-dealkylation sites (tertiary alicyclic amines) is 1. The molecule has 1 atom stereocenters. The Labute approximate surface area is 204 Å². The lowest BCUT2D eigenvalue weighted by Gasteiger charge is -2.19. The Balaban J connectivity index is 1.57. The van der Waals surface area contributed by atoms with Crippen molar-refractivity contribution in [3.05, 3.63) is 36.0 Å². The average molecular weight is 502 g/mol. The van der Waals surface area contributed by atoms with Crippen LogP contribution in [0.1, 0.15) is 32.6 Å². The molecule has 0 unspecified atom stereocenters. The maximum Gasteiger partial charge on any atom is 0.286 e. The van der Waals surface area contributed by atoms with E-state index in [9.17, 15) is 13.6 Å². The fourth-order valence-electron chi connectivity index (χ4n) is 4.83. The summed E-state index contributed by atoms with van der Waals surface area (Å²) in [6.45, 7) is 6.24. The van der Waals surface area contributed by atoms with Crippen LogP contribution >= 0.6 is 0 Å². The highest BCUT2D eigenvalue weighted by atomic mass is 19.3. The van der Waals surface area contributed by atoms with Gasteiger partial charge in [0, 0.05) is 31.3 Å². The highest BCUT2D eigenvalue weighted by molar-refractivity contribution is 5.90. The van der Waals surface area contributed by atoms with E-state index in [2.05, 4.69) is 20.4 Å². The smallest absolute Gasteiger partial charge is 0.286 e. The molecule has 4 aromatic rings. The number of amides is 1. The van der Waals surface area contributed by atoms with Gasteiger partial charge < -0.3 is 19.5 Å². The highest BCUT2D eigenvalue weighted by Crippen LogP contribution is 2.36. The number of nitrogens with zero attached hydrogens (tertiary/aromatic N) is 6. The molecule has 36 heavy (non-hydrogen) atoms. The van der Waals surface area contributed by atoms with E-state index in [1.807, 2.05) is 31.4 Å². The Morgan fingerprint density at radius 2 is 2.03 bits per heavy atom. The van der Waals surface area contributed by atoms with Crippen molar-refractivity contribution in [3.63, 3.8) is 0 Å². The van der Waals surface area contributed by atoms with E-state index in [1.54, 1.807) is 12.3 Å². The average Bonchev–Trinajstić information content (AvgIpc) is 3.46. The predicted octanol–water partition coefficient (Wildman–Crippen LogP) is 4.06. The molecule has 1 aliphatic rings. The fourth-order valence-corrected chi connectivity index (χ4v) is 4.83. The number of alkyl halides is 2. The van der Waals surface area contributed by atoms with Crippen LogP contribution in [0.15, 0.2) is 24.4 Å². The number of hydrogen-bond donors (Lipinski definition) is 1. The topological polar surface area (TPSA) is 89.6 Å². The molecule has 3 aromatic heterocycles. The lowest BCUT2D eigenvalue weighted by atomic mass is 10.1. The summed E-state index contributed by atoms with van der Waals surface area (Å²) in [5.41, 5.74) is 2.60. The van der Waals surface area contributed by atoms with Crippen molar-refractivity contribution in [1.29, 1.82) is 0 Å². The number of rotatable bonds is 5. The molecule has 0 spiro atoms. The molecule has 1 saturated heterocycles. The molecule has 1 aromatic carbocycles. The lowest BCUT2D eigenvalue weighted by molar-refractivity contribution is -0.129. The normalized spacial score (nSPS) is 17.5. The lowest BCUT2D eigenvalue weighted by Crippen LogP contribution is -2.38. The number of aryl methyl sites for hydroxylation is 1. The number of nitrogens with one attached hydrogen (secondary N) is 1.